The molecule has 0 amide bonds. The number of hydrogen-bond donors (Lipinski definition) is 6. The van der Waals surface area contributed by atoms with Gasteiger partial charge in [0.25, 0.3) is 0 Å². The molecule has 0 radical (unpaired) electrons. The first-order valence-corrected chi connectivity index (χ1v) is 35.2. The summed E-state index contributed by atoms with van der Waals surface area (Å²) in [5.41, 5.74) is 1.93. The zero-order chi connectivity index (χ0) is 69.5. The van der Waals surface area contributed by atoms with E-state index in [4.69, 9.17) is 15.3 Å². The summed E-state index contributed by atoms with van der Waals surface area (Å²) in [5.74, 6) is -7.67. The topological polar surface area (TPSA) is 388 Å². The molecule has 0 spiro atoms. The van der Waals surface area contributed by atoms with Gasteiger partial charge in [0.05, 0.1) is 109 Å². The maximum Gasteiger partial charge on any atom is 0.0933 e. The molecule has 3 heterocycles. The molecule has 6 N–H and O–H groups in total. The fraction of sp³-hybridized carbons (Fsp3) is 0.708. The van der Waals surface area contributed by atoms with E-state index in [2.05, 4.69) is 50.7 Å². The molecule has 0 aliphatic heterocycles. The second-order valence-electron chi connectivity index (χ2n) is 23.6. The second-order valence-corrected chi connectivity index (χ2v) is 23.6. The van der Waals surface area contributed by atoms with Gasteiger partial charge in [-0.25, -0.2) is 15.0 Å². The van der Waals surface area contributed by atoms with E-state index in [1.807, 2.05) is 0 Å². The number of aromatic nitrogens is 6. The Labute approximate surface area is 577 Å². The van der Waals surface area contributed by atoms with Gasteiger partial charge in [-0.05, 0) is 55.7 Å². The molecular formula is C72H120MoN6O15-6. The first kappa shape index (κ1) is 94.6. The largest absolute Gasteiger partial charge is 0.547 e. The van der Waals surface area contributed by atoms with Crippen molar-refractivity contribution in [2.24, 2.45) is 0 Å². The molecule has 540 valence electrons. The van der Waals surface area contributed by atoms with Crippen LogP contribution in [0.15, 0.2) is 55.8 Å². The quantitative estimate of drug-likeness (QED) is 0.0174. The monoisotopic (exact) mass is 1410 g/mol. The van der Waals surface area contributed by atoms with E-state index >= 15 is 0 Å². The maximum atomic E-state index is 10.3. The number of aliphatic hydroxyl groups excluding tert-OH is 3. The van der Waals surface area contributed by atoms with E-state index < -0.39 is 54.1 Å². The Kier molecular flexibility index (Phi) is 75.1. The molecule has 3 aromatic rings. The van der Waals surface area contributed by atoms with Crippen molar-refractivity contribution in [3.63, 3.8) is 0 Å². The Morgan fingerprint density at radius 3 is 0.606 bits per heavy atom. The van der Waals surface area contributed by atoms with Crippen LogP contribution >= 0.6 is 0 Å². The van der Waals surface area contributed by atoms with Gasteiger partial charge in [-0.2, -0.15) is 0 Å². The summed E-state index contributed by atoms with van der Waals surface area (Å²) in [4.78, 5) is 79.6. The minimum Gasteiger partial charge on any atom is -0.547 e. The fourth-order valence-electron chi connectivity index (χ4n) is 9.50. The molecule has 3 aromatic heterocycles. The van der Waals surface area contributed by atoms with E-state index in [-0.39, 0.29) is 21.1 Å². The first-order valence-electron chi connectivity index (χ1n) is 35.2. The number of carbonyl (C=O) groups is 6. The smallest absolute Gasteiger partial charge is 0.0933 e. The van der Waals surface area contributed by atoms with Crippen molar-refractivity contribution >= 4 is 54.0 Å². The van der Waals surface area contributed by atoms with Gasteiger partial charge in [-0.1, -0.05) is 290 Å². The Morgan fingerprint density at radius 1 is 0.319 bits per heavy atom. The number of carboxylic acid groups (broad SMARTS) is 6. The zero-order valence-corrected chi connectivity index (χ0v) is 59.5. The molecule has 21 nitrogen and oxygen atoms in total. The second kappa shape index (κ2) is 74.6. The van der Waals surface area contributed by atoms with Crippen LogP contribution in [0.4, 0.5) is 0 Å². The molecule has 0 saturated heterocycles. The predicted molar refractivity (Wildman–Crippen MR) is 356 cm³/mol. The number of carboxylic acids is 6. The molecule has 3 rings (SSSR count). The van der Waals surface area contributed by atoms with Crippen molar-refractivity contribution in [3.8, 4) is 0 Å². The van der Waals surface area contributed by atoms with Crippen LogP contribution < -0.4 is 30.6 Å². The van der Waals surface area contributed by atoms with Crippen LogP contribution in [0.2, 0.25) is 0 Å². The van der Waals surface area contributed by atoms with Crippen LogP contribution in [0.3, 0.4) is 0 Å². The van der Waals surface area contributed by atoms with Crippen molar-refractivity contribution in [3.05, 3.63) is 72.9 Å². The van der Waals surface area contributed by atoms with E-state index in [9.17, 15) is 59.4 Å². The van der Waals surface area contributed by atoms with Crippen LogP contribution in [0, 0.1) is 0 Å². The van der Waals surface area contributed by atoms with Crippen molar-refractivity contribution < 1.29 is 95.8 Å². The molecule has 3 atom stereocenters. The third kappa shape index (κ3) is 76.9. The number of aromatic amines is 3. The summed E-state index contributed by atoms with van der Waals surface area (Å²) >= 11 is 0. The molecule has 0 aliphatic rings. The van der Waals surface area contributed by atoms with Crippen LogP contribution in [-0.4, -0.2) is 99.4 Å². The van der Waals surface area contributed by atoms with E-state index in [1.165, 1.54) is 268 Å². The first-order chi connectivity index (χ1) is 44.9. The van der Waals surface area contributed by atoms with Crippen molar-refractivity contribution in [1.82, 2.24) is 29.9 Å². The van der Waals surface area contributed by atoms with Crippen molar-refractivity contribution in [2.45, 2.75) is 328 Å². The number of imidazole rings is 3. The number of aliphatic carboxylic acids is 6. The summed E-state index contributed by atoms with van der Waals surface area (Å²) in [6.07, 6.45) is 66.7. The summed E-state index contributed by atoms with van der Waals surface area (Å²) in [5, 5.41) is 87.7. The molecule has 3 unspecified atom stereocenters. The molecule has 0 saturated carbocycles. The van der Waals surface area contributed by atoms with E-state index in [0.29, 0.717) is 36.3 Å². The molecule has 0 bridgehead atoms. The molecule has 94 heavy (non-hydrogen) atoms. The predicted octanol–water partition coefficient (Wildman–Crippen LogP) is 9.42. The third-order valence-electron chi connectivity index (χ3n) is 15.1. The number of unbranched alkanes of at least 4 members (excludes halogenated alkanes) is 39. The van der Waals surface area contributed by atoms with E-state index in [1.54, 1.807) is 0 Å². The van der Waals surface area contributed by atoms with Gasteiger partial charge in [0.2, 0.25) is 0 Å². The third-order valence-corrected chi connectivity index (χ3v) is 15.1. The van der Waals surface area contributed by atoms with Crippen molar-refractivity contribution in [2.75, 3.05) is 0 Å². The molecule has 0 aliphatic carbocycles. The summed E-state index contributed by atoms with van der Waals surface area (Å²) in [6, 6.07) is 0. The van der Waals surface area contributed by atoms with Gasteiger partial charge in [-0.15, -0.1) is 0 Å². The average Bonchev–Trinajstić information content (AvgIpc) is 3.70. The summed E-state index contributed by atoms with van der Waals surface area (Å²) in [6.45, 7) is 6.77. The van der Waals surface area contributed by atoms with Gasteiger partial charge in [0, 0.05) is 21.1 Å². The Hall–Kier alpha value is -5.76. The Balaban J connectivity index is -0.000000531. The van der Waals surface area contributed by atoms with Crippen LogP contribution in [-0.2, 0) is 49.8 Å². The van der Waals surface area contributed by atoms with Crippen LogP contribution in [0.1, 0.15) is 327 Å². The SMILES string of the molecule is CCCCCCCCCCCCCCCCC(O)C(=O)[O-].CCCCCCCCCCCCCCCCC(O)C(=O)[O-].CCCCCCCCCCCCCCCCC(O)C(=O)[O-].O=C([O-])C=Cc1cnc[nH]1.O=C([O-])C=Cc1cnc[nH]1.O=C([O-])C=Cc1cnc[nH]1.[Mo]. The fourth-order valence-corrected chi connectivity index (χ4v) is 9.50. The van der Waals surface area contributed by atoms with Gasteiger partial charge < -0.3 is 89.7 Å². The minimum atomic E-state index is -1.34. The molecule has 22 heteroatoms. The average molecular weight is 1410 g/mol. The minimum absolute atomic E-state index is 0. The van der Waals surface area contributed by atoms with Gasteiger partial charge in [0.15, 0.2) is 0 Å². The van der Waals surface area contributed by atoms with Gasteiger partial charge in [-0.3, -0.25) is 0 Å². The van der Waals surface area contributed by atoms with E-state index in [0.717, 1.165) is 76.0 Å². The number of rotatable bonds is 54. The van der Waals surface area contributed by atoms with Gasteiger partial charge >= 0.3 is 0 Å². The van der Waals surface area contributed by atoms with Crippen LogP contribution in [0.5, 0.6) is 0 Å². The number of nitrogens with one attached hydrogen (secondary N) is 3. The van der Waals surface area contributed by atoms with Crippen LogP contribution in [0.25, 0.3) is 18.2 Å². The number of hydrogen-bond acceptors (Lipinski definition) is 18. The molecule has 0 aromatic carbocycles. The van der Waals surface area contributed by atoms with Gasteiger partial charge in [0.1, 0.15) is 0 Å². The Morgan fingerprint density at radius 2 is 0.479 bits per heavy atom. The molecular weight excluding hydrogens is 1280 g/mol. The standard InChI is InChI=1S/3C18H36O3.3C6H6N2O2.Mo/c3*1-2-3-4-5-6-7-8-9-10-11-12-13-14-15-16-17(19)18(20)21;3*9-6(10)2-1-5-3-7-4-8-5;/h3*17,19H,2-16H2,1H3,(H,20,21);3*1-4H,(H,7,8)(H,9,10);/p-6. The number of H-pyrrole nitrogens is 3. The number of nitrogens with zero attached hydrogens (tertiary/aromatic N) is 3. The maximum absolute atomic E-state index is 10.3. The van der Waals surface area contributed by atoms with Crippen molar-refractivity contribution in [1.29, 1.82) is 0 Å². The summed E-state index contributed by atoms with van der Waals surface area (Å²) < 4.78 is 0. The number of aliphatic hydroxyl groups is 3. The Bertz CT molecular complexity index is 1970. The zero-order valence-electron chi connectivity index (χ0n) is 57.5. The normalized spacial score (nSPS) is 11.7. The molecule has 0 fully saturated rings. The summed E-state index contributed by atoms with van der Waals surface area (Å²) in [7, 11) is 0. The number of carbonyl (C=O) groups excluding carboxylic acids is 6.